The summed E-state index contributed by atoms with van der Waals surface area (Å²) in [4.78, 5) is 12.9. The molecule has 1 N–H and O–H groups in total. The molecule has 18 heavy (non-hydrogen) atoms. The van der Waals surface area contributed by atoms with E-state index in [0.717, 1.165) is 6.54 Å². The van der Waals surface area contributed by atoms with Gasteiger partial charge in [0.15, 0.2) is 5.78 Å². The van der Waals surface area contributed by atoms with Gasteiger partial charge in [-0.2, -0.15) is 0 Å². The summed E-state index contributed by atoms with van der Waals surface area (Å²) < 4.78 is 0. The second-order valence-corrected chi connectivity index (χ2v) is 12.8. The Bertz CT molecular complexity index is 515. The highest BCUT2D eigenvalue weighted by molar-refractivity contribution is 6.83. The molecule has 1 aliphatic heterocycles. The van der Waals surface area contributed by atoms with Crippen LogP contribution in [0.1, 0.15) is 12.8 Å². The second kappa shape index (κ2) is 2.84. The molecule has 1 saturated carbocycles. The standard InChI is InChI=1S/C15H21NOSi/c1-18(2,3)15-11-5-4-10(8-11)14(15)6-7-16-12(14)9-13(15)17/h4-5,9-11,16H,6-8H2,1-3H3/t10?,11?,14-,15-/m1/s1. The second-order valence-electron chi connectivity index (χ2n) is 7.46. The van der Waals surface area contributed by atoms with Gasteiger partial charge in [-0.3, -0.25) is 4.79 Å². The zero-order valence-corrected chi connectivity index (χ0v) is 12.4. The minimum absolute atomic E-state index is 0.0434. The summed E-state index contributed by atoms with van der Waals surface area (Å²) in [5.74, 6) is 1.57. The van der Waals surface area contributed by atoms with Gasteiger partial charge >= 0.3 is 0 Å². The molecule has 1 saturated heterocycles. The third-order valence-corrected chi connectivity index (χ3v) is 9.57. The third kappa shape index (κ3) is 0.814. The van der Waals surface area contributed by atoms with Crippen LogP contribution in [-0.4, -0.2) is 20.4 Å². The number of carbonyl (C=O) groups is 1. The smallest absolute Gasteiger partial charge is 0.162 e. The van der Waals surface area contributed by atoms with Gasteiger partial charge in [0.25, 0.3) is 0 Å². The Labute approximate surface area is 110 Å². The molecule has 2 fully saturated rings. The molecular formula is C15H21NOSi. The third-order valence-electron chi connectivity index (χ3n) is 6.14. The van der Waals surface area contributed by atoms with Gasteiger partial charge < -0.3 is 5.32 Å². The van der Waals surface area contributed by atoms with E-state index in [1.54, 1.807) is 0 Å². The number of allylic oxidation sites excluding steroid dienone is 4. The van der Waals surface area contributed by atoms with E-state index >= 15 is 0 Å². The largest absolute Gasteiger partial charge is 0.388 e. The monoisotopic (exact) mass is 259 g/mol. The molecule has 1 spiro atoms. The average Bonchev–Trinajstić information content (AvgIpc) is 2.92. The molecule has 2 nitrogen and oxygen atoms in total. The van der Waals surface area contributed by atoms with Crippen LogP contribution in [0.25, 0.3) is 0 Å². The van der Waals surface area contributed by atoms with Crippen LogP contribution in [0.5, 0.6) is 0 Å². The van der Waals surface area contributed by atoms with Gasteiger partial charge in [-0.25, -0.2) is 0 Å². The van der Waals surface area contributed by atoms with Crippen molar-refractivity contribution in [1.29, 1.82) is 0 Å². The number of rotatable bonds is 1. The molecule has 0 aromatic heterocycles. The Balaban J connectivity index is 2.05. The van der Waals surface area contributed by atoms with Crippen molar-refractivity contribution in [2.24, 2.45) is 17.3 Å². The van der Waals surface area contributed by atoms with Gasteiger partial charge in [0, 0.05) is 28.8 Å². The Hall–Kier alpha value is -0.833. The molecule has 4 aliphatic rings. The summed E-state index contributed by atoms with van der Waals surface area (Å²) in [6, 6.07) is 0. The minimum atomic E-state index is -1.58. The predicted octanol–water partition coefficient (Wildman–Crippen LogP) is 2.72. The van der Waals surface area contributed by atoms with E-state index in [-0.39, 0.29) is 10.5 Å². The lowest BCUT2D eigenvalue weighted by Crippen LogP contribution is -2.54. The highest BCUT2D eigenvalue weighted by Crippen LogP contribution is 2.78. The van der Waals surface area contributed by atoms with Gasteiger partial charge in [0.2, 0.25) is 0 Å². The fraction of sp³-hybridized carbons (Fsp3) is 0.667. The molecule has 0 radical (unpaired) electrons. The van der Waals surface area contributed by atoms with Crippen molar-refractivity contribution >= 4 is 13.9 Å². The molecule has 3 heteroatoms. The van der Waals surface area contributed by atoms with E-state index in [0.29, 0.717) is 17.6 Å². The molecule has 3 aliphatic carbocycles. The van der Waals surface area contributed by atoms with E-state index in [9.17, 15) is 4.79 Å². The number of nitrogens with one attached hydrogen (secondary N) is 1. The molecule has 96 valence electrons. The topological polar surface area (TPSA) is 29.1 Å². The average molecular weight is 259 g/mol. The molecule has 0 amide bonds. The van der Waals surface area contributed by atoms with Crippen LogP contribution in [-0.2, 0) is 4.79 Å². The molecule has 1 heterocycles. The van der Waals surface area contributed by atoms with E-state index in [1.807, 2.05) is 6.08 Å². The van der Waals surface area contributed by atoms with E-state index in [2.05, 4.69) is 37.1 Å². The summed E-state index contributed by atoms with van der Waals surface area (Å²) in [5, 5.41) is 3.48. The molecule has 0 aromatic rings. The first kappa shape index (κ1) is 11.0. The van der Waals surface area contributed by atoms with Crippen molar-refractivity contribution in [3.05, 3.63) is 23.9 Å². The normalized spacial score (nSPS) is 48.2. The van der Waals surface area contributed by atoms with Crippen LogP contribution in [0, 0.1) is 17.3 Å². The van der Waals surface area contributed by atoms with Gasteiger partial charge in [0.1, 0.15) is 0 Å². The summed E-state index contributed by atoms with van der Waals surface area (Å²) in [6.07, 6.45) is 9.12. The van der Waals surface area contributed by atoms with Crippen molar-refractivity contribution in [1.82, 2.24) is 5.32 Å². The molecule has 4 rings (SSSR count). The maximum absolute atomic E-state index is 12.9. The van der Waals surface area contributed by atoms with Crippen LogP contribution in [0.2, 0.25) is 24.7 Å². The maximum atomic E-state index is 12.9. The van der Waals surface area contributed by atoms with Crippen molar-refractivity contribution < 1.29 is 4.79 Å². The van der Waals surface area contributed by atoms with Gasteiger partial charge in [-0.05, 0) is 24.7 Å². The number of carbonyl (C=O) groups excluding carboxylic acids is 1. The summed E-state index contributed by atoms with van der Waals surface area (Å²) >= 11 is 0. The van der Waals surface area contributed by atoms with Crippen LogP contribution < -0.4 is 5.32 Å². The molecule has 4 atom stereocenters. The van der Waals surface area contributed by atoms with Crippen LogP contribution >= 0.6 is 0 Å². The number of ketones is 1. The van der Waals surface area contributed by atoms with Crippen molar-refractivity contribution in [3.63, 3.8) is 0 Å². The molecular weight excluding hydrogens is 238 g/mol. The lowest BCUT2D eigenvalue weighted by Gasteiger charge is -2.52. The lowest BCUT2D eigenvalue weighted by molar-refractivity contribution is -0.119. The first-order chi connectivity index (χ1) is 8.44. The van der Waals surface area contributed by atoms with Crippen LogP contribution in [0.15, 0.2) is 23.9 Å². The quantitative estimate of drug-likeness (QED) is 0.579. The Kier molecular flexibility index (Phi) is 1.74. The number of hydrogen-bond donors (Lipinski definition) is 1. The first-order valence-electron chi connectivity index (χ1n) is 7.13. The first-order valence-corrected chi connectivity index (χ1v) is 10.6. The minimum Gasteiger partial charge on any atom is -0.388 e. The van der Waals surface area contributed by atoms with Crippen LogP contribution in [0.3, 0.4) is 0 Å². The van der Waals surface area contributed by atoms with Gasteiger partial charge in [-0.15, -0.1) is 0 Å². The summed E-state index contributed by atoms with van der Waals surface area (Å²) in [6.45, 7) is 8.26. The number of fused-ring (bicyclic) bond motifs is 3. The highest BCUT2D eigenvalue weighted by atomic mass is 28.3. The van der Waals surface area contributed by atoms with E-state index in [4.69, 9.17) is 0 Å². The Morgan fingerprint density at radius 3 is 2.72 bits per heavy atom. The van der Waals surface area contributed by atoms with Gasteiger partial charge in [0.05, 0.1) is 8.07 Å². The summed E-state index contributed by atoms with van der Waals surface area (Å²) in [5.41, 5.74) is 1.44. The van der Waals surface area contributed by atoms with Crippen molar-refractivity contribution in [2.45, 2.75) is 37.5 Å². The number of hydrogen-bond acceptors (Lipinski definition) is 2. The van der Waals surface area contributed by atoms with Crippen molar-refractivity contribution in [2.75, 3.05) is 6.54 Å². The summed E-state index contributed by atoms with van der Waals surface area (Å²) in [7, 11) is -1.58. The fourth-order valence-electron chi connectivity index (χ4n) is 5.91. The van der Waals surface area contributed by atoms with Crippen molar-refractivity contribution in [3.8, 4) is 0 Å². The van der Waals surface area contributed by atoms with E-state index < -0.39 is 8.07 Å². The molecule has 0 aromatic carbocycles. The molecule has 2 bridgehead atoms. The Morgan fingerprint density at radius 1 is 1.28 bits per heavy atom. The van der Waals surface area contributed by atoms with Gasteiger partial charge in [-0.1, -0.05) is 31.8 Å². The van der Waals surface area contributed by atoms with Crippen LogP contribution in [0.4, 0.5) is 0 Å². The zero-order valence-electron chi connectivity index (χ0n) is 11.4. The lowest BCUT2D eigenvalue weighted by atomic mass is 9.67. The highest BCUT2D eigenvalue weighted by Gasteiger charge is 2.77. The maximum Gasteiger partial charge on any atom is 0.162 e. The SMILES string of the molecule is C[Si](C)(C)[C@]12C(=O)C=C3NCC[C@@]31C1C=CC2C1. The predicted molar refractivity (Wildman–Crippen MR) is 74.9 cm³/mol. The molecule has 2 unspecified atom stereocenters. The Morgan fingerprint density at radius 2 is 2.00 bits per heavy atom. The fourth-order valence-corrected chi connectivity index (χ4v) is 9.83. The zero-order chi connectivity index (χ0) is 12.8. The van der Waals surface area contributed by atoms with E-state index in [1.165, 1.54) is 18.5 Å².